The van der Waals surface area contributed by atoms with Crippen molar-refractivity contribution in [3.63, 3.8) is 0 Å². The van der Waals surface area contributed by atoms with Crippen molar-refractivity contribution in [2.24, 2.45) is 45.3 Å². The van der Waals surface area contributed by atoms with E-state index in [1.165, 1.54) is 11.1 Å². The van der Waals surface area contributed by atoms with Gasteiger partial charge in [-0.05, 0) is 92.8 Å². The third kappa shape index (κ3) is 6.89. The lowest BCUT2D eigenvalue weighted by molar-refractivity contribution is -0.315. The van der Waals surface area contributed by atoms with Gasteiger partial charge in [0.15, 0.2) is 12.6 Å². The van der Waals surface area contributed by atoms with Crippen molar-refractivity contribution in [3.8, 4) is 0 Å². The van der Waals surface area contributed by atoms with E-state index < -0.39 is 67.3 Å². The number of rotatable bonds is 10. The van der Waals surface area contributed by atoms with Crippen LogP contribution in [0.25, 0.3) is 0 Å². The average molecular weight is 767 g/mol. The highest BCUT2D eigenvalue weighted by Gasteiger charge is 2.72. The van der Waals surface area contributed by atoms with Gasteiger partial charge in [-0.2, -0.15) is 0 Å². The molecule has 0 bridgehead atoms. The zero-order valence-electron chi connectivity index (χ0n) is 33.9. The van der Waals surface area contributed by atoms with E-state index in [2.05, 4.69) is 67.5 Å². The predicted octanol–water partition coefficient (Wildman–Crippen LogP) is 3.22. The van der Waals surface area contributed by atoms with Gasteiger partial charge in [0.25, 0.3) is 0 Å². The van der Waals surface area contributed by atoms with Gasteiger partial charge >= 0.3 is 0 Å². The maximum atomic E-state index is 11.1. The molecule has 0 aromatic carbocycles. The van der Waals surface area contributed by atoms with E-state index in [-0.39, 0.29) is 64.8 Å². The normalized spacial score (nSPS) is 50.7. The molecule has 2 aliphatic heterocycles. The highest BCUT2D eigenvalue weighted by Crippen LogP contribution is 2.75. The molecule has 54 heavy (non-hydrogen) atoms. The van der Waals surface area contributed by atoms with E-state index >= 15 is 0 Å². The van der Waals surface area contributed by atoms with Crippen molar-refractivity contribution < 1.29 is 59.4 Å². The molecule has 7 N–H and O–H groups in total. The van der Waals surface area contributed by atoms with Gasteiger partial charge in [0.1, 0.15) is 42.7 Å². The van der Waals surface area contributed by atoms with Crippen molar-refractivity contribution in [1.29, 1.82) is 0 Å². The lowest BCUT2D eigenvalue weighted by Crippen LogP contribution is -2.63. The summed E-state index contributed by atoms with van der Waals surface area (Å²) in [6.45, 7) is 17.6. The largest absolute Gasteiger partial charge is 0.394 e. The SMILES string of the molecule is CO[C@@H]1C=C2[C@H](CCC(O[C@@H]3OC[C@@H](O)[C@H](O)[C@H]3O)C2(C)C)[C@]2(C)CC[C@]3(C)C([C@H](C)CCC=C(C)C)[C@@H](O[C@@H]4O[C@H](CO)[C@@H](O)[C@@H](O)[C@H]4O)C[C@@]3(C)C12. The minimum absolute atomic E-state index is 0.0873. The molecular weight excluding hydrogens is 696 g/mol. The highest BCUT2D eigenvalue weighted by molar-refractivity contribution is 5.33. The van der Waals surface area contributed by atoms with Gasteiger partial charge in [-0.15, -0.1) is 0 Å². The summed E-state index contributed by atoms with van der Waals surface area (Å²) in [6, 6.07) is 0. The van der Waals surface area contributed by atoms with Gasteiger partial charge in [0.2, 0.25) is 0 Å². The van der Waals surface area contributed by atoms with E-state index in [0.717, 1.165) is 38.5 Å². The lowest BCUT2D eigenvalue weighted by atomic mass is 9.38. The zero-order chi connectivity index (χ0) is 39.7. The first-order valence-electron chi connectivity index (χ1n) is 20.4. The summed E-state index contributed by atoms with van der Waals surface area (Å²) in [4.78, 5) is 0. The van der Waals surface area contributed by atoms with E-state index in [0.29, 0.717) is 6.42 Å². The number of methoxy groups -OCH3 is 1. The zero-order valence-corrected chi connectivity index (χ0v) is 33.9. The molecule has 0 amide bonds. The minimum atomic E-state index is -1.51. The molecule has 3 unspecified atom stereocenters. The summed E-state index contributed by atoms with van der Waals surface area (Å²) in [5.74, 6) is 0.704. The first-order valence-corrected chi connectivity index (χ1v) is 20.4. The van der Waals surface area contributed by atoms with Gasteiger partial charge in [-0.3, -0.25) is 0 Å². The summed E-state index contributed by atoms with van der Waals surface area (Å²) in [7, 11) is 1.79. The highest BCUT2D eigenvalue weighted by atomic mass is 16.7. The second-order valence-corrected chi connectivity index (χ2v) is 19.3. The molecule has 0 spiro atoms. The maximum Gasteiger partial charge on any atom is 0.186 e. The van der Waals surface area contributed by atoms with Crippen LogP contribution in [0.15, 0.2) is 23.3 Å². The number of allylic oxidation sites excluding steroid dienone is 2. The Morgan fingerprint density at radius 1 is 0.889 bits per heavy atom. The monoisotopic (exact) mass is 766 g/mol. The molecule has 6 aliphatic rings. The molecule has 4 aliphatic carbocycles. The molecule has 6 rings (SSSR count). The van der Waals surface area contributed by atoms with Gasteiger partial charge in [0, 0.05) is 18.4 Å². The van der Waals surface area contributed by atoms with Crippen molar-refractivity contribution in [2.45, 2.75) is 174 Å². The van der Waals surface area contributed by atoms with Crippen LogP contribution in [-0.2, 0) is 23.7 Å². The molecule has 19 atom stereocenters. The standard InChI is InChI=1S/C42H70O12/c1-21(2)11-10-12-22(3)30-27(52-38-35(49)33(47)32(46)28(19-43)53-38)18-42(8)36-26(50-9)17-24-23(40(36,6)15-16-41(30,42)7)13-14-29(39(24,4)5)54-37-34(48)31(45)25(44)20-51-37/h11,17,22-23,25-38,43-49H,10,12-16,18-20H2,1-9H3/t22-,23+,25-,26-,27+,28-,29?,30?,31+,32-,33-,34-,35-,36?,37+,38-,40+,41-,42+/m1/s1. The Morgan fingerprint density at radius 3 is 2.22 bits per heavy atom. The maximum absolute atomic E-state index is 11.1. The Labute approximate surface area is 321 Å². The molecule has 5 fully saturated rings. The number of hydrogen-bond donors (Lipinski definition) is 7. The third-order valence-corrected chi connectivity index (χ3v) is 15.7. The number of aliphatic hydroxyl groups excluding tert-OH is 7. The van der Waals surface area contributed by atoms with Crippen LogP contribution in [-0.4, -0.2) is 130 Å². The van der Waals surface area contributed by atoms with Crippen LogP contribution in [0.1, 0.15) is 100 Å². The molecule has 2 saturated heterocycles. The molecule has 12 heteroatoms. The van der Waals surface area contributed by atoms with E-state index in [9.17, 15) is 35.7 Å². The Hall–Kier alpha value is -1.00. The van der Waals surface area contributed by atoms with Crippen molar-refractivity contribution in [2.75, 3.05) is 20.3 Å². The van der Waals surface area contributed by atoms with Gasteiger partial charge < -0.3 is 59.4 Å². The van der Waals surface area contributed by atoms with Gasteiger partial charge in [-0.25, -0.2) is 0 Å². The van der Waals surface area contributed by atoms with Crippen LogP contribution >= 0.6 is 0 Å². The van der Waals surface area contributed by atoms with Crippen LogP contribution in [0.5, 0.6) is 0 Å². The summed E-state index contributed by atoms with van der Waals surface area (Å²) in [5.41, 5.74) is 1.52. The van der Waals surface area contributed by atoms with E-state index in [1.807, 2.05) is 0 Å². The fourth-order valence-electron chi connectivity index (χ4n) is 12.6. The van der Waals surface area contributed by atoms with Gasteiger partial charge in [0.05, 0.1) is 31.5 Å². The van der Waals surface area contributed by atoms with Crippen LogP contribution in [0.3, 0.4) is 0 Å². The molecule has 310 valence electrons. The fourth-order valence-corrected chi connectivity index (χ4v) is 12.6. The summed E-state index contributed by atoms with van der Waals surface area (Å²) >= 11 is 0. The predicted molar refractivity (Wildman–Crippen MR) is 200 cm³/mol. The number of aliphatic hydroxyl groups is 7. The topological polar surface area (TPSA) is 188 Å². The summed E-state index contributed by atoms with van der Waals surface area (Å²) in [6.07, 6.45) is -1.70. The van der Waals surface area contributed by atoms with Crippen LogP contribution < -0.4 is 0 Å². The molecule has 2 heterocycles. The Bertz CT molecular complexity index is 1380. The smallest absolute Gasteiger partial charge is 0.186 e. The Kier molecular flexibility index (Phi) is 12.3. The van der Waals surface area contributed by atoms with Crippen LogP contribution in [0.2, 0.25) is 0 Å². The molecule has 12 nitrogen and oxygen atoms in total. The molecule has 3 saturated carbocycles. The van der Waals surface area contributed by atoms with Crippen molar-refractivity contribution >= 4 is 0 Å². The fraction of sp³-hybridized carbons (Fsp3) is 0.905. The summed E-state index contributed by atoms with van der Waals surface area (Å²) < 4.78 is 31.4. The number of ether oxygens (including phenoxy) is 5. The number of fused-ring (bicyclic) bond motifs is 5. The summed E-state index contributed by atoms with van der Waals surface area (Å²) in [5, 5.41) is 73.4. The lowest BCUT2D eigenvalue weighted by Gasteiger charge is -2.67. The van der Waals surface area contributed by atoms with Gasteiger partial charge in [-0.1, -0.05) is 64.8 Å². The average Bonchev–Trinajstić information content (AvgIpc) is 3.34. The van der Waals surface area contributed by atoms with E-state index in [4.69, 9.17) is 23.7 Å². The molecule has 0 aromatic rings. The second kappa shape index (κ2) is 15.6. The molecule has 0 radical (unpaired) electrons. The van der Waals surface area contributed by atoms with Crippen LogP contribution in [0, 0.1) is 45.3 Å². The van der Waals surface area contributed by atoms with Crippen molar-refractivity contribution in [3.05, 3.63) is 23.3 Å². The molecule has 0 aromatic heterocycles. The quantitative estimate of drug-likeness (QED) is 0.161. The number of hydrogen-bond acceptors (Lipinski definition) is 12. The van der Waals surface area contributed by atoms with Crippen LogP contribution in [0.4, 0.5) is 0 Å². The third-order valence-electron chi connectivity index (χ3n) is 15.7. The van der Waals surface area contributed by atoms with E-state index in [1.54, 1.807) is 7.11 Å². The molecular formula is C42H70O12. The second-order valence-electron chi connectivity index (χ2n) is 19.3. The minimum Gasteiger partial charge on any atom is -0.394 e. The Morgan fingerprint density at radius 2 is 1.57 bits per heavy atom. The Balaban J connectivity index is 1.34. The first kappa shape index (κ1) is 42.6. The first-order chi connectivity index (χ1) is 25.3. The van der Waals surface area contributed by atoms with Crippen molar-refractivity contribution in [1.82, 2.24) is 0 Å².